The Morgan fingerprint density at radius 2 is 1.73 bits per heavy atom. The molecule has 2 unspecified atom stereocenters. The first kappa shape index (κ1) is 20.7. The molecule has 0 radical (unpaired) electrons. The van der Waals surface area contributed by atoms with Crippen LogP contribution in [0.1, 0.15) is 17.5 Å². The van der Waals surface area contributed by atoms with Gasteiger partial charge in [-0.25, -0.2) is 13.8 Å². The molecule has 158 valence electrons. The summed E-state index contributed by atoms with van der Waals surface area (Å²) >= 11 is 0. The van der Waals surface area contributed by atoms with E-state index in [0.29, 0.717) is 39.2 Å². The van der Waals surface area contributed by atoms with E-state index in [1.165, 1.54) is 24.3 Å². The highest BCUT2D eigenvalue weighted by Gasteiger charge is 2.41. The molecule has 3 aromatic rings. The number of aryl methyl sites for hydroxylation is 1. The SMILES string of the molecule is Fc1ccc(CCC2(Cn3ccnc3)OCC(COCc3ccc(F)cc3)O2)cc1. The lowest BCUT2D eigenvalue weighted by molar-refractivity contribution is -0.187. The third kappa shape index (κ3) is 5.50. The Balaban J connectivity index is 1.35. The van der Waals surface area contributed by atoms with Crippen molar-refractivity contribution in [2.24, 2.45) is 0 Å². The number of rotatable bonds is 9. The number of aromatic nitrogens is 2. The summed E-state index contributed by atoms with van der Waals surface area (Å²) in [6, 6.07) is 12.7. The minimum atomic E-state index is -0.807. The molecule has 2 heterocycles. The van der Waals surface area contributed by atoms with Crippen LogP contribution in [0.5, 0.6) is 0 Å². The van der Waals surface area contributed by atoms with Gasteiger partial charge in [0.1, 0.15) is 17.7 Å². The van der Waals surface area contributed by atoms with Gasteiger partial charge >= 0.3 is 0 Å². The standard InChI is InChI=1S/C23H24F2N2O3/c24-20-5-1-18(2-6-20)9-10-23(16-27-12-11-26-17-27)29-15-22(30-23)14-28-13-19-3-7-21(25)8-4-19/h1-8,11-12,17,22H,9-10,13-16H2. The molecule has 1 saturated heterocycles. The number of nitrogens with zero attached hydrogens (tertiary/aromatic N) is 2. The number of hydrogen-bond donors (Lipinski definition) is 0. The minimum absolute atomic E-state index is 0.206. The first-order valence-corrected chi connectivity index (χ1v) is 9.94. The largest absolute Gasteiger partial charge is 0.374 e. The maximum Gasteiger partial charge on any atom is 0.187 e. The predicted octanol–water partition coefficient (Wildman–Crippen LogP) is 4.12. The predicted molar refractivity (Wildman–Crippen MR) is 107 cm³/mol. The van der Waals surface area contributed by atoms with Gasteiger partial charge in [-0.1, -0.05) is 24.3 Å². The molecule has 0 amide bonds. The average Bonchev–Trinajstić information content (AvgIpc) is 3.40. The van der Waals surface area contributed by atoms with E-state index in [4.69, 9.17) is 14.2 Å². The van der Waals surface area contributed by atoms with Crippen LogP contribution in [0.4, 0.5) is 8.78 Å². The van der Waals surface area contributed by atoms with Crippen LogP contribution in [0.15, 0.2) is 67.3 Å². The van der Waals surface area contributed by atoms with E-state index in [1.54, 1.807) is 36.8 Å². The number of benzene rings is 2. The smallest absolute Gasteiger partial charge is 0.187 e. The molecule has 30 heavy (non-hydrogen) atoms. The molecular formula is C23H24F2N2O3. The molecule has 4 rings (SSSR count). The number of halogens is 2. The van der Waals surface area contributed by atoms with Crippen molar-refractivity contribution >= 4 is 0 Å². The summed E-state index contributed by atoms with van der Waals surface area (Å²) in [5, 5.41) is 0. The van der Waals surface area contributed by atoms with Gasteiger partial charge in [0.2, 0.25) is 0 Å². The molecular weight excluding hydrogens is 390 g/mol. The van der Waals surface area contributed by atoms with Crippen molar-refractivity contribution in [2.75, 3.05) is 13.2 Å². The normalized spacial score (nSPS) is 21.2. The molecule has 1 aliphatic heterocycles. The van der Waals surface area contributed by atoms with Crippen molar-refractivity contribution in [3.8, 4) is 0 Å². The summed E-state index contributed by atoms with van der Waals surface area (Å²) in [6.07, 6.45) is 6.41. The van der Waals surface area contributed by atoms with E-state index >= 15 is 0 Å². The highest BCUT2D eigenvalue weighted by atomic mass is 19.1. The fourth-order valence-electron chi connectivity index (χ4n) is 3.52. The van der Waals surface area contributed by atoms with Gasteiger partial charge in [0.05, 0.1) is 32.7 Å². The summed E-state index contributed by atoms with van der Waals surface area (Å²) in [4.78, 5) is 4.09. The van der Waals surface area contributed by atoms with Crippen molar-refractivity contribution < 1.29 is 23.0 Å². The van der Waals surface area contributed by atoms with Crippen LogP contribution in [0.25, 0.3) is 0 Å². The van der Waals surface area contributed by atoms with E-state index in [9.17, 15) is 8.78 Å². The third-order valence-corrected chi connectivity index (χ3v) is 5.09. The van der Waals surface area contributed by atoms with Crippen molar-refractivity contribution in [2.45, 2.75) is 37.9 Å². The lowest BCUT2D eigenvalue weighted by Gasteiger charge is -2.28. The monoisotopic (exact) mass is 414 g/mol. The summed E-state index contributed by atoms with van der Waals surface area (Å²) in [5.74, 6) is -1.32. The highest BCUT2D eigenvalue weighted by molar-refractivity contribution is 5.16. The van der Waals surface area contributed by atoms with E-state index < -0.39 is 5.79 Å². The van der Waals surface area contributed by atoms with E-state index in [1.807, 2.05) is 10.8 Å². The van der Waals surface area contributed by atoms with E-state index in [2.05, 4.69) is 4.98 Å². The minimum Gasteiger partial charge on any atom is -0.374 e. The summed E-state index contributed by atoms with van der Waals surface area (Å²) < 4.78 is 46.3. The summed E-state index contributed by atoms with van der Waals surface area (Å²) in [5.41, 5.74) is 1.92. The molecule has 0 saturated carbocycles. The Morgan fingerprint density at radius 3 is 2.40 bits per heavy atom. The second kappa shape index (κ2) is 9.47. The van der Waals surface area contributed by atoms with Crippen LogP contribution in [0, 0.1) is 11.6 Å². The van der Waals surface area contributed by atoms with E-state index in [-0.39, 0.29) is 17.7 Å². The van der Waals surface area contributed by atoms with Crippen LogP contribution in [0.3, 0.4) is 0 Å². The Labute approximate surface area is 174 Å². The van der Waals surface area contributed by atoms with Crippen LogP contribution in [-0.2, 0) is 33.8 Å². The summed E-state index contributed by atoms with van der Waals surface area (Å²) in [7, 11) is 0. The van der Waals surface area contributed by atoms with Crippen LogP contribution in [-0.4, -0.2) is 34.7 Å². The van der Waals surface area contributed by atoms with Gasteiger partial charge in [-0.05, 0) is 41.8 Å². The van der Waals surface area contributed by atoms with E-state index in [0.717, 1.165) is 11.1 Å². The van der Waals surface area contributed by atoms with Crippen molar-refractivity contribution in [1.82, 2.24) is 9.55 Å². The van der Waals surface area contributed by atoms with Gasteiger partial charge in [-0.3, -0.25) is 0 Å². The number of ether oxygens (including phenoxy) is 3. The van der Waals surface area contributed by atoms with Gasteiger partial charge < -0.3 is 18.8 Å². The molecule has 1 fully saturated rings. The van der Waals surface area contributed by atoms with Gasteiger partial charge in [-0.15, -0.1) is 0 Å². The van der Waals surface area contributed by atoms with Crippen LogP contribution >= 0.6 is 0 Å². The zero-order valence-corrected chi connectivity index (χ0v) is 16.5. The zero-order chi connectivity index (χ0) is 20.8. The second-order valence-corrected chi connectivity index (χ2v) is 7.46. The molecule has 1 aliphatic rings. The Kier molecular flexibility index (Phi) is 6.52. The molecule has 0 bridgehead atoms. The van der Waals surface area contributed by atoms with Crippen molar-refractivity contribution in [3.63, 3.8) is 0 Å². The molecule has 7 heteroatoms. The maximum absolute atomic E-state index is 13.2. The summed E-state index contributed by atoms with van der Waals surface area (Å²) in [6.45, 7) is 1.67. The van der Waals surface area contributed by atoms with Gasteiger partial charge in [-0.2, -0.15) is 0 Å². The fourth-order valence-corrected chi connectivity index (χ4v) is 3.52. The van der Waals surface area contributed by atoms with Gasteiger partial charge in [0.25, 0.3) is 0 Å². The Bertz CT molecular complexity index is 917. The molecule has 2 aromatic carbocycles. The first-order valence-electron chi connectivity index (χ1n) is 9.94. The molecule has 0 N–H and O–H groups in total. The van der Waals surface area contributed by atoms with Gasteiger partial charge in [0, 0.05) is 18.8 Å². The average molecular weight is 414 g/mol. The molecule has 0 aliphatic carbocycles. The van der Waals surface area contributed by atoms with Crippen molar-refractivity contribution in [3.05, 3.63) is 90.0 Å². The topological polar surface area (TPSA) is 45.5 Å². The number of imidazole rings is 1. The van der Waals surface area contributed by atoms with Crippen LogP contribution in [0.2, 0.25) is 0 Å². The fraction of sp³-hybridized carbons (Fsp3) is 0.348. The number of hydrogen-bond acceptors (Lipinski definition) is 4. The zero-order valence-electron chi connectivity index (χ0n) is 16.5. The molecule has 2 atom stereocenters. The molecule has 0 spiro atoms. The lowest BCUT2D eigenvalue weighted by atomic mass is 10.0. The Morgan fingerprint density at radius 1 is 1.03 bits per heavy atom. The maximum atomic E-state index is 13.2. The second-order valence-electron chi connectivity index (χ2n) is 7.46. The lowest BCUT2D eigenvalue weighted by Crippen LogP contribution is -2.37. The molecule has 5 nitrogen and oxygen atoms in total. The molecule has 1 aromatic heterocycles. The van der Waals surface area contributed by atoms with Gasteiger partial charge in [0.15, 0.2) is 5.79 Å². The highest BCUT2D eigenvalue weighted by Crippen LogP contribution is 2.31. The Hall–Kier alpha value is -2.61. The first-order chi connectivity index (χ1) is 14.6. The third-order valence-electron chi connectivity index (χ3n) is 5.09. The van der Waals surface area contributed by atoms with Crippen molar-refractivity contribution in [1.29, 1.82) is 0 Å². The van der Waals surface area contributed by atoms with Crippen LogP contribution < -0.4 is 0 Å². The quantitative estimate of drug-likeness (QED) is 0.528.